The number of hydrogen-bond acceptors (Lipinski definition) is 5. The molecule has 0 atom stereocenters. The Hall–Kier alpha value is -2.79. The van der Waals surface area contributed by atoms with Crippen molar-refractivity contribution in [3.05, 3.63) is 84.0 Å². The molecule has 0 bridgehead atoms. The number of ether oxygens (including phenoxy) is 2. The second-order valence-electron chi connectivity index (χ2n) is 8.37. The maximum atomic E-state index is 11.2. The summed E-state index contributed by atoms with van der Waals surface area (Å²) < 4.78 is 10.5. The van der Waals surface area contributed by atoms with Crippen LogP contribution < -0.4 is 9.47 Å². The summed E-state index contributed by atoms with van der Waals surface area (Å²) in [7, 11) is 0. The van der Waals surface area contributed by atoms with Crippen LogP contribution in [0.4, 0.5) is 0 Å². The molecule has 0 unspecified atom stereocenters. The summed E-state index contributed by atoms with van der Waals surface area (Å²) in [6.07, 6.45) is 17.5. The van der Waals surface area contributed by atoms with Gasteiger partial charge < -0.3 is 9.47 Å². The first kappa shape index (κ1) is 28.4. The highest BCUT2D eigenvalue weighted by atomic mass is 32.2. The molecule has 2 aromatic rings. The fourth-order valence-electron chi connectivity index (χ4n) is 3.66. The molecule has 0 N–H and O–H groups in total. The Balaban J connectivity index is 1.47. The smallest absolute Gasteiger partial charge is 0.308 e. The Labute approximate surface area is 214 Å². The molecule has 2 rings (SSSR count). The van der Waals surface area contributed by atoms with Gasteiger partial charge in [0.05, 0.1) is 0 Å². The zero-order valence-electron chi connectivity index (χ0n) is 21.0. The fourth-order valence-corrected chi connectivity index (χ4v) is 4.34. The van der Waals surface area contributed by atoms with E-state index in [1.165, 1.54) is 13.8 Å². The average molecular weight is 495 g/mol. The van der Waals surface area contributed by atoms with Gasteiger partial charge in [0.1, 0.15) is 11.5 Å². The minimum absolute atomic E-state index is 0.271. The number of hydrogen-bond donors (Lipinski definition) is 0. The van der Waals surface area contributed by atoms with E-state index in [1.54, 1.807) is 0 Å². The molecule has 0 saturated heterocycles. The highest BCUT2D eigenvalue weighted by Gasteiger charge is 2.05. The fraction of sp³-hybridized carbons (Fsp3) is 0.400. The summed E-state index contributed by atoms with van der Waals surface area (Å²) in [6, 6.07) is 15.5. The molecule has 0 aliphatic rings. The van der Waals surface area contributed by atoms with E-state index < -0.39 is 0 Å². The molecule has 0 aliphatic heterocycles. The molecule has 4 nitrogen and oxygen atoms in total. The SMILES string of the molecule is CC(=O)Oc1ccccc1CCCCC=CCSC/C=C/CCCCc1ccccc1OC(C)=O. The van der Waals surface area contributed by atoms with Gasteiger partial charge in [-0.05, 0) is 74.6 Å². The van der Waals surface area contributed by atoms with Crippen LogP contribution in [0.5, 0.6) is 11.5 Å². The largest absolute Gasteiger partial charge is 0.426 e. The van der Waals surface area contributed by atoms with Crippen LogP contribution in [0.2, 0.25) is 0 Å². The summed E-state index contributed by atoms with van der Waals surface area (Å²) in [5, 5.41) is 0. The Morgan fingerprint density at radius 3 is 1.51 bits per heavy atom. The van der Waals surface area contributed by atoms with Crippen molar-refractivity contribution in [2.75, 3.05) is 11.5 Å². The van der Waals surface area contributed by atoms with E-state index in [2.05, 4.69) is 24.3 Å². The van der Waals surface area contributed by atoms with E-state index in [-0.39, 0.29) is 11.9 Å². The van der Waals surface area contributed by atoms with Gasteiger partial charge in [-0.15, -0.1) is 0 Å². The highest BCUT2D eigenvalue weighted by molar-refractivity contribution is 7.99. The van der Waals surface area contributed by atoms with Crippen LogP contribution >= 0.6 is 11.8 Å². The first-order valence-electron chi connectivity index (χ1n) is 12.5. The molecule has 0 amide bonds. The summed E-state index contributed by atoms with van der Waals surface area (Å²) in [6.45, 7) is 2.87. The zero-order valence-corrected chi connectivity index (χ0v) is 21.9. The maximum Gasteiger partial charge on any atom is 0.308 e. The van der Waals surface area contributed by atoms with Crippen LogP contribution in [0.15, 0.2) is 72.8 Å². The van der Waals surface area contributed by atoms with Gasteiger partial charge in [-0.3, -0.25) is 9.59 Å². The molecule has 0 aromatic heterocycles. The number of carbonyl (C=O) groups is 2. The molecule has 5 heteroatoms. The second-order valence-corrected chi connectivity index (χ2v) is 9.45. The van der Waals surface area contributed by atoms with Crippen LogP contribution in [-0.4, -0.2) is 23.4 Å². The highest BCUT2D eigenvalue weighted by Crippen LogP contribution is 2.21. The van der Waals surface area contributed by atoms with Crippen molar-refractivity contribution >= 4 is 23.7 Å². The number of unbranched alkanes of at least 4 members (excludes halogenated alkanes) is 4. The first-order valence-corrected chi connectivity index (χ1v) is 13.6. The van der Waals surface area contributed by atoms with E-state index in [0.29, 0.717) is 11.5 Å². The number of esters is 2. The van der Waals surface area contributed by atoms with Gasteiger partial charge >= 0.3 is 11.9 Å². The molecule has 0 aliphatic carbocycles. The Bertz CT molecular complexity index is 887. The van der Waals surface area contributed by atoms with E-state index in [1.807, 2.05) is 60.3 Å². The minimum atomic E-state index is -0.271. The lowest BCUT2D eigenvalue weighted by Gasteiger charge is -2.08. The maximum absolute atomic E-state index is 11.2. The zero-order chi connectivity index (χ0) is 25.1. The lowest BCUT2D eigenvalue weighted by molar-refractivity contribution is -0.132. The third-order valence-electron chi connectivity index (χ3n) is 5.35. The van der Waals surface area contributed by atoms with Crippen LogP contribution in [0.25, 0.3) is 0 Å². The molecule has 0 fully saturated rings. The molecule has 0 heterocycles. The third-order valence-corrected chi connectivity index (χ3v) is 6.20. The standard InChI is InChI=1S/C30H38O4S/c1-25(31)33-29-21-13-11-19-27(29)17-9-5-3-7-15-23-35-24-16-8-4-6-10-18-28-20-12-14-22-30(28)34-26(2)32/h7-8,11-16,19-22H,3-6,9-10,17-18,23-24H2,1-2H3/b15-7+,16-8?. The van der Waals surface area contributed by atoms with Crippen molar-refractivity contribution in [2.24, 2.45) is 0 Å². The molecular weight excluding hydrogens is 456 g/mol. The van der Waals surface area contributed by atoms with Crippen LogP contribution in [0, 0.1) is 0 Å². The van der Waals surface area contributed by atoms with Gasteiger partial charge in [0.2, 0.25) is 0 Å². The lowest BCUT2D eigenvalue weighted by atomic mass is 10.1. The second kappa shape index (κ2) is 17.6. The van der Waals surface area contributed by atoms with Crippen molar-refractivity contribution in [3.63, 3.8) is 0 Å². The molecule has 0 spiro atoms. The van der Waals surface area contributed by atoms with Crippen LogP contribution in [0.1, 0.15) is 63.5 Å². The van der Waals surface area contributed by atoms with Crippen molar-refractivity contribution in [1.29, 1.82) is 0 Å². The van der Waals surface area contributed by atoms with Crippen molar-refractivity contribution in [1.82, 2.24) is 0 Å². The van der Waals surface area contributed by atoms with Gasteiger partial charge in [0.15, 0.2) is 0 Å². The normalized spacial score (nSPS) is 11.3. The summed E-state index contributed by atoms with van der Waals surface area (Å²) >= 11 is 1.92. The van der Waals surface area contributed by atoms with Gasteiger partial charge in [-0.1, -0.05) is 60.7 Å². The quantitative estimate of drug-likeness (QED) is 0.105. The van der Waals surface area contributed by atoms with E-state index in [4.69, 9.17) is 9.47 Å². The van der Waals surface area contributed by atoms with E-state index >= 15 is 0 Å². The predicted octanol–water partition coefficient (Wildman–Crippen LogP) is 7.51. The molecule has 0 radical (unpaired) electrons. The lowest BCUT2D eigenvalue weighted by Crippen LogP contribution is -2.03. The number of aryl methyl sites for hydroxylation is 2. The van der Waals surface area contributed by atoms with Gasteiger partial charge in [0, 0.05) is 25.4 Å². The average Bonchev–Trinajstić information content (AvgIpc) is 2.83. The molecule has 2 aromatic carbocycles. The van der Waals surface area contributed by atoms with Crippen LogP contribution in [0.3, 0.4) is 0 Å². The van der Waals surface area contributed by atoms with Crippen molar-refractivity contribution < 1.29 is 19.1 Å². The number of carbonyl (C=O) groups excluding carboxylic acids is 2. The van der Waals surface area contributed by atoms with E-state index in [0.717, 1.165) is 74.0 Å². The molecule has 188 valence electrons. The predicted molar refractivity (Wildman–Crippen MR) is 146 cm³/mol. The molecule has 35 heavy (non-hydrogen) atoms. The van der Waals surface area contributed by atoms with E-state index in [9.17, 15) is 9.59 Å². The third kappa shape index (κ3) is 13.0. The Morgan fingerprint density at radius 1 is 0.657 bits per heavy atom. The summed E-state index contributed by atoms with van der Waals surface area (Å²) in [4.78, 5) is 22.4. The summed E-state index contributed by atoms with van der Waals surface area (Å²) in [5.74, 6) is 2.90. The minimum Gasteiger partial charge on any atom is -0.426 e. The number of para-hydroxylation sites is 2. The van der Waals surface area contributed by atoms with Crippen LogP contribution in [-0.2, 0) is 22.4 Å². The number of benzene rings is 2. The van der Waals surface area contributed by atoms with Gasteiger partial charge in [0.25, 0.3) is 0 Å². The molecular formula is C30H38O4S. The van der Waals surface area contributed by atoms with Crippen molar-refractivity contribution in [2.45, 2.75) is 65.2 Å². The Kier molecular flexibility index (Phi) is 14.3. The van der Waals surface area contributed by atoms with Gasteiger partial charge in [-0.2, -0.15) is 11.8 Å². The Morgan fingerprint density at radius 2 is 1.09 bits per heavy atom. The number of allylic oxidation sites excluding steroid dienone is 2. The topological polar surface area (TPSA) is 52.6 Å². The summed E-state index contributed by atoms with van der Waals surface area (Å²) in [5.41, 5.74) is 2.20. The first-order chi connectivity index (χ1) is 17.1. The molecule has 0 saturated carbocycles. The number of rotatable bonds is 16. The number of thioether (sulfide) groups is 1. The van der Waals surface area contributed by atoms with Crippen molar-refractivity contribution in [3.8, 4) is 11.5 Å². The monoisotopic (exact) mass is 494 g/mol. The van der Waals surface area contributed by atoms with Gasteiger partial charge in [-0.25, -0.2) is 0 Å².